The number of ether oxygens (including phenoxy) is 2. The van der Waals surface area contributed by atoms with Gasteiger partial charge in [0.1, 0.15) is 0 Å². The van der Waals surface area contributed by atoms with Gasteiger partial charge in [0.25, 0.3) is 0 Å². The second-order valence-corrected chi connectivity index (χ2v) is 5.32. The first kappa shape index (κ1) is 27.0. The van der Waals surface area contributed by atoms with Crippen molar-refractivity contribution in [2.45, 2.75) is 36.9 Å². The lowest BCUT2D eigenvalue weighted by atomic mass is 9.96. The molecule has 0 aromatic carbocycles. The summed E-state index contributed by atoms with van der Waals surface area (Å²) in [6.07, 6.45) is -3.91. The fourth-order valence-electron chi connectivity index (χ4n) is 1.55. The summed E-state index contributed by atoms with van der Waals surface area (Å²) in [6, 6.07) is 0. The van der Waals surface area contributed by atoms with Gasteiger partial charge in [-0.25, -0.2) is 9.59 Å². The van der Waals surface area contributed by atoms with Gasteiger partial charge in [0.15, 0.2) is 11.2 Å². The van der Waals surface area contributed by atoms with Crippen LogP contribution in [0.3, 0.4) is 0 Å². The lowest BCUT2D eigenvalue weighted by Crippen LogP contribution is -2.43. The summed E-state index contributed by atoms with van der Waals surface area (Å²) in [4.78, 5) is 62.8. The first-order valence-electron chi connectivity index (χ1n) is 7.12. The number of carboxylic acid groups (broad SMARTS) is 4. The maximum atomic E-state index is 10.8. The highest BCUT2D eigenvalue weighted by Crippen LogP contribution is 2.17. The van der Waals surface area contributed by atoms with Crippen LogP contribution in [0.5, 0.6) is 0 Å². The molecule has 0 saturated heterocycles. The second kappa shape index (κ2) is 11.5. The quantitative estimate of drug-likeness (QED) is 0.206. The monoisotopic (exact) mass is 412 g/mol. The molecule has 0 unspecified atom stereocenters. The maximum Gasteiger partial charge on any atom is 0.336 e. The average molecular weight is 412 g/mol. The summed E-state index contributed by atoms with van der Waals surface area (Å²) in [5.74, 6) is -8.56. The Labute approximate surface area is 156 Å². The van der Waals surface area contributed by atoms with E-state index in [4.69, 9.17) is 25.5 Å². The Balaban J connectivity index is 0. The third kappa shape index (κ3) is 10.0. The Morgan fingerprint density at radius 2 is 0.857 bits per heavy atom. The molecule has 14 heteroatoms. The number of carbonyl (C=O) groups is 6. The van der Waals surface area contributed by atoms with Crippen LogP contribution in [0.25, 0.3) is 0 Å². The molecule has 0 rings (SSSR count). The molecular weight excluding hydrogens is 392 g/mol. The number of esters is 2. The molecule has 0 aliphatic carbocycles. The van der Waals surface area contributed by atoms with Gasteiger partial charge in [-0.15, -0.1) is 0 Å². The molecule has 0 aromatic heterocycles. The van der Waals surface area contributed by atoms with Gasteiger partial charge < -0.3 is 40.1 Å². The first-order valence-corrected chi connectivity index (χ1v) is 7.12. The molecular formula is C14H20O14. The van der Waals surface area contributed by atoms with Gasteiger partial charge in [-0.3, -0.25) is 19.2 Å². The van der Waals surface area contributed by atoms with Crippen molar-refractivity contribution >= 4 is 35.8 Å². The van der Waals surface area contributed by atoms with E-state index in [0.29, 0.717) is 0 Å². The van der Waals surface area contributed by atoms with Crippen LogP contribution in [0.1, 0.15) is 25.7 Å². The molecule has 0 fully saturated rings. The van der Waals surface area contributed by atoms with E-state index in [2.05, 4.69) is 9.47 Å². The third-order valence-electron chi connectivity index (χ3n) is 3.01. The van der Waals surface area contributed by atoms with E-state index >= 15 is 0 Å². The zero-order valence-electron chi connectivity index (χ0n) is 14.8. The third-order valence-corrected chi connectivity index (χ3v) is 3.01. The molecule has 0 atom stereocenters. The molecule has 0 radical (unpaired) electrons. The second-order valence-electron chi connectivity index (χ2n) is 5.32. The number of hydrogen-bond donors (Lipinski definition) is 6. The molecule has 0 aromatic rings. The van der Waals surface area contributed by atoms with Crippen molar-refractivity contribution in [3.8, 4) is 0 Å². The molecule has 160 valence electrons. The minimum Gasteiger partial charge on any atom is -0.481 e. The number of hydrogen-bond acceptors (Lipinski definition) is 10. The van der Waals surface area contributed by atoms with E-state index < -0.39 is 72.7 Å². The molecule has 0 bridgehead atoms. The van der Waals surface area contributed by atoms with Crippen molar-refractivity contribution < 1.29 is 68.9 Å². The Kier molecular flexibility index (Phi) is 11.0. The van der Waals surface area contributed by atoms with Crippen molar-refractivity contribution in [1.29, 1.82) is 0 Å². The maximum absolute atomic E-state index is 10.8. The normalized spacial score (nSPS) is 10.7. The summed E-state index contributed by atoms with van der Waals surface area (Å²) in [6.45, 7) is 0. The van der Waals surface area contributed by atoms with E-state index in [1.165, 1.54) is 0 Å². The van der Waals surface area contributed by atoms with Crippen molar-refractivity contribution in [2.75, 3.05) is 14.2 Å². The van der Waals surface area contributed by atoms with Gasteiger partial charge in [-0.2, -0.15) is 0 Å². The number of aliphatic carboxylic acids is 4. The Hall–Kier alpha value is -3.26. The van der Waals surface area contributed by atoms with Crippen LogP contribution in [0.15, 0.2) is 0 Å². The fraction of sp³-hybridized carbons (Fsp3) is 0.571. The van der Waals surface area contributed by atoms with Crippen molar-refractivity contribution in [3.05, 3.63) is 0 Å². The molecule has 0 aliphatic rings. The lowest BCUT2D eigenvalue weighted by molar-refractivity contribution is -0.171. The molecule has 0 saturated carbocycles. The summed E-state index contributed by atoms with van der Waals surface area (Å²) in [5.41, 5.74) is -5.22. The molecule has 6 N–H and O–H groups in total. The van der Waals surface area contributed by atoms with E-state index in [-0.39, 0.29) is 0 Å². The van der Waals surface area contributed by atoms with Crippen molar-refractivity contribution in [2.24, 2.45) is 0 Å². The molecule has 0 spiro atoms. The zero-order chi connectivity index (χ0) is 22.7. The zero-order valence-corrected chi connectivity index (χ0v) is 14.8. The fourth-order valence-corrected chi connectivity index (χ4v) is 1.55. The smallest absolute Gasteiger partial charge is 0.336 e. The molecule has 0 aliphatic heterocycles. The van der Waals surface area contributed by atoms with Gasteiger partial charge >= 0.3 is 35.8 Å². The lowest BCUT2D eigenvalue weighted by Gasteiger charge is -2.20. The topological polar surface area (TPSA) is 242 Å². The van der Waals surface area contributed by atoms with Gasteiger partial charge in [0.2, 0.25) is 0 Å². The SMILES string of the molecule is COC(=O)CC(O)(CC(=O)OC)C(=O)O.O=C(O)CC(O)(CC(=O)O)C(=O)O. The summed E-state index contributed by atoms with van der Waals surface area (Å²) in [7, 11) is 2.09. The van der Waals surface area contributed by atoms with Crippen LogP contribution in [-0.4, -0.2) is 91.9 Å². The van der Waals surface area contributed by atoms with Crippen molar-refractivity contribution in [1.82, 2.24) is 0 Å². The number of carbonyl (C=O) groups excluding carboxylic acids is 2. The molecule has 0 amide bonds. The molecule has 14 nitrogen and oxygen atoms in total. The minimum atomic E-state index is -2.74. The number of carboxylic acids is 4. The van der Waals surface area contributed by atoms with Crippen LogP contribution in [-0.2, 0) is 38.2 Å². The number of methoxy groups -OCH3 is 2. The Morgan fingerprint density at radius 1 is 0.607 bits per heavy atom. The Morgan fingerprint density at radius 3 is 1.04 bits per heavy atom. The van der Waals surface area contributed by atoms with Crippen molar-refractivity contribution in [3.63, 3.8) is 0 Å². The largest absolute Gasteiger partial charge is 0.481 e. The first-order chi connectivity index (χ1) is 12.6. The summed E-state index contributed by atoms with van der Waals surface area (Å²) in [5, 5.41) is 52.0. The van der Waals surface area contributed by atoms with E-state index in [1.54, 1.807) is 0 Å². The van der Waals surface area contributed by atoms with Gasteiger partial charge in [-0.1, -0.05) is 0 Å². The molecule has 28 heavy (non-hydrogen) atoms. The predicted octanol–water partition coefficient (Wildman–Crippen LogP) is -2.32. The standard InChI is InChI=1S/C8H12O7.C6H8O7/c1-14-5(9)3-8(13,7(11)12)4-6(10)15-2;7-3(8)1-6(13,5(11)12)2-4(9)10/h13H,3-4H2,1-2H3,(H,11,12);13H,1-2H2,(H,7,8)(H,9,10)(H,11,12). The highest BCUT2D eigenvalue weighted by atomic mass is 16.5. The number of rotatable bonds is 10. The van der Waals surface area contributed by atoms with Crippen LogP contribution < -0.4 is 0 Å². The van der Waals surface area contributed by atoms with Gasteiger partial charge in [0.05, 0.1) is 39.9 Å². The molecule has 0 heterocycles. The Bertz CT molecular complexity index is 588. The average Bonchev–Trinajstić information content (AvgIpc) is 2.53. The van der Waals surface area contributed by atoms with Crippen LogP contribution >= 0.6 is 0 Å². The van der Waals surface area contributed by atoms with Gasteiger partial charge in [0, 0.05) is 0 Å². The summed E-state index contributed by atoms with van der Waals surface area (Å²) < 4.78 is 8.39. The van der Waals surface area contributed by atoms with E-state index in [9.17, 15) is 33.9 Å². The summed E-state index contributed by atoms with van der Waals surface area (Å²) >= 11 is 0. The number of aliphatic hydroxyl groups is 2. The van der Waals surface area contributed by atoms with E-state index in [1.807, 2.05) is 0 Å². The van der Waals surface area contributed by atoms with Crippen LogP contribution in [0.2, 0.25) is 0 Å². The van der Waals surface area contributed by atoms with Crippen LogP contribution in [0, 0.1) is 0 Å². The minimum absolute atomic E-state index is 0.812. The highest BCUT2D eigenvalue weighted by Gasteiger charge is 2.42. The van der Waals surface area contributed by atoms with E-state index in [0.717, 1.165) is 14.2 Å². The van der Waals surface area contributed by atoms with Crippen LogP contribution in [0.4, 0.5) is 0 Å². The predicted molar refractivity (Wildman–Crippen MR) is 82.9 cm³/mol. The highest BCUT2D eigenvalue weighted by molar-refractivity contribution is 5.89. The van der Waals surface area contributed by atoms with Gasteiger partial charge in [-0.05, 0) is 0 Å².